The molecule has 4 nitrogen and oxygen atoms in total. The van der Waals surface area contributed by atoms with Crippen molar-refractivity contribution in [2.45, 2.75) is 23.9 Å². The van der Waals surface area contributed by atoms with Crippen LogP contribution in [-0.4, -0.2) is 14.8 Å². The lowest BCUT2D eigenvalue weighted by atomic mass is 10.2. The summed E-state index contributed by atoms with van der Waals surface area (Å²) < 4.78 is 1.52. The Labute approximate surface area is 125 Å². The summed E-state index contributed by atoms with van der Waals surface area (Å²) in [7, 11) is 0. The number of aromatic nitrogens is 2. The second-order valence-electron chi connectivity index (χ2n) is 4.15. The van der Waals surface area contributed by atoms with Crippen LogP contribution in [0.1, 0.15) is 6.92 Å². The van der Waals surface area contributed by atoms with Crippen LogP contribution in [0.4, 0.5) is 0 Å². The van der Waals surface area contributed by atoms with E-state index in [0.29, 0.717) is 27.6 Å². The Morgan fingerprint density at radius 2 is 2.40 bits per heavy atom. The number of thioether (sulfide) groups is 1. The molecule has 0 unspecified atom stereocenters. The fraction of sp³-hybridized carbons (Fsp3) is 0.214. The van der Waals surface area contributed by atoms with Gasteiger partial charge in [0.15, 0.2) is 5.16 Å². The molecule has 20 heavy (non-hydrogen) atoms. The number of halogens is 1. The third-order valence-corrected chi connectivity index (χ3v) is 3.87. The van der Waals surface area contributed by atoms with E-state index in [2.05, 4.69) is 17.6 Å². The van der Waals surface area contributed by atoms with Crippen LogP contribution in [0.25, 0.3) is 10.9 Å². The van der Waals surface area contributed by atoms with Crippen LogP contribution >= 0.6 is 23.4 Å². The predicted molar refractivity (Wildman–Crippen MR) is 82.1 cm³/mol. The lowest BCUT2D eigenvalue weighted by Crippen LogP contribution is -2.23. The first kappa shape index (κ1) is 14.6. The number of rotatable bonds is 4. The monoisotopic (exact) mass is 305 g/mol. The molecular formula is C14H12ClN3OS. The molecule has 2 aromatic rings. The number of hydrogen-bond donors (Lipinski definition) is 0. The number of hydrogen-bond acceptors (Lipinski definition) is 4. The zero-order chi connectivity index (χ0) is 14.7. The lowest BCUT2D eigenvalue weighted by Gasteiger charge is -2.12. The summed E-state index contributed by atoms with van der Waals surface area (Å²) >= 11 is 7.18. The maximum atomic E-state index is 12.5. The van der Waals surface area contributed by atoms with E-state index in [9.17, 15) is 4.79 Å². The van der Waals surface area contributed by atoms with Gasteiger partial charge >= 0.3 is 0 Å². The van der Waals surface area contributed by atoms with Crippen LogP contribution in [0, 0.1) is 11.3 Å². The number of fused-ring (bicyclic) bond motifs is 1. The van der Waals surface area contributed by atoms with Crippen molar-refractivity contribution >= 4 is 34.3 Å². The molecule has 1 aromatic carbocycles. The largest absolute Gasteiger partial charge is 0.283 e. The molecule has 0 fully saturated rings. The van der Waals surface area contributed by atoms with E-state index in [4.69, 9.17) is 16.9 Å². The van der Waals surface area contributed by atoms with Crippen LogP contribution in [0.15, 0.2) is 40.8 Å². The van der Waals surface area contributed by atoms with Crippen molar-refractivity contribution < 1.29 is 0 Å². The molecule has 1 atom stereocenters. The molecule has 0 N–H and O–H groups in total. The average Bonchev–Trinajstić information content (AvgIpc) is 2.42. The van der Waals surface area contributed by atoms with Gasteiger partial charge in [0.2, 0.25) is 0 Å². The zero-order valence-electron chi connectivity index (χ0n) is 10.8. The molecule has 6 heteroatoms. The normalized spacial score (nSPS) is 12.1. The first-order valence-electron chi connectivity index (χ1n) is 5.94. The summed E-state index contributed by atoms with van der Waals surface area (Å²) in [6, 6.07) is 7.09. The van der Waals surface area contributed by atoms with Crippen LogP contribution in [0.3, 0.4) is 0 Å². The Balaban J connectivity index is 2.70. The number of allylic oxidation sites excluding steroid dienone is 1. The second kappa shape index (κ2) is 6.12. The van der Waals surface area contributed by atoms with Gasteiger partial charge in [0.25, 0.3) is 5.56 Å². The summed E-state index contributed by atoms with van der Waals surface area (Å²) in [4.78, 5) is 16.9. The molecule has 0 amide bonds. The first-order chi connectivity index (χ1) is 9.56. The Morgan fingerprint density at radius 1 is 1.65 bits per heavy atom. The molecule has 0 bridgehead atoms. The molecular weight excluding hydrogens is 294 g/mol. The fourth-order valence-corrected chi connectivity index (χ4v) is 2.71. The van der Waals surface area contributed by atoms with Crippen molar-refractivity contribution in [3.05, 3.63) is 46.2 Å². The Bertz CT molecular complexity index is 763. The van der Waals surface area contributed by atoms with Crippen molar-refractivity contribution in [2.75, 3.05) is 0 Å². The maximum Gasteiger partial charge on any atom is 0.262 e. The van der Waals surface area contributed by atoms with Gasteiger partial charge in [-0.2, -0.15) is 5.26 Å². The highest BCUT2D eigenvalue weighted by Crippen LogP contribution is 2.23. The molecule has 0 saturated carbocycles. The number of nitrogens with zero attached hydrogens (tertiary/aromatic N) is 3. The van der Waals surface area contributed by atoms with Crippen molar-refractivity contribution in [3.8, 4) is 6.07 Å². The van der Waals surface area contributed by atoms with Gasteiger partial charge in [-0.15, -0.1) is 6.58 Å². The smallest absolute Gasteiger partial charge is 0.262 e. The quantitative estimate of drug-likeness (QED) is 0.494. The van der Waals surface area contributed by atoms with Crippen molar-refractivity contribution in [3.63, 3.8) is 0 Å². The van der Waals surface area contributed by atoms with Gasteiger partial charge in [-0.25, -0.2) is 4.98 Å². The third kappa shape index (κ3) is 2.87. The second-order valence-corrected chi connectivity index (χ2v) is 5.89. The summed E-state index contributed by atoms with van der Waals surface area (Å²) in [5.74, 6) is 0. The Kier molecular flexibility index (Phi) is 4.48. The van der Waals surface area contributed by atoms with E-state index < -0.39 is 0 Å². The maximum absolute atomic E-state index is 12.5. The van der Waals surface area contributed by atoms with Crippen LogP contribution in [0.5, 0.6) is 0 Å². The summed E-state index contributed by atoms with van der Waals surface area (Å²) in [6.45, 7) is 5.76. The molecule has 0 aliphatic heterocycles. The van der Waals surface area contributed by atoms with Gasteiger partial charge in [0, 0.05) is 11.6 Å². The first-order valence-corrected chi connectivity index (χ1v) is 7.20. The fourth-order valence-electron chi connectivity index (χ4n) is 1.74. The highest BCUT2D eigenvalue weighted by Gasteiger charge is 2.13. The van der Waals surface area contributed by atoms with Gasteiger partial charge in [-0.05, 0) is 25.1 Å². The zero-order valence-corrected chi connectivity index (χ0v) is 12.4. The highest BCUT2D eigenvalue weighted by molar-refractivity contribution is 8.00. The lowest BCUT2D eigenvalue weighted by molar-refractivity contribution is 0.671. The molecule has 2 rings (SSSR count). The SMILES string of the molecule is C=CCn1c(S[C@H](C)C#N)nc2cc(Cl)ccc2c1=O. The van der Waals surface area contributed by atoms with E-state index in [1.807, 2.05) is 0 Å². The summed E-state index contributed by atoms with van der Waals surface area (Å²) in [6.07, 6.45) is 1.63. The topological polar surface area (TPSA) is 58.7 Å². The van der Waals surface area contributed by atoms with Gasteiger partial charge < -0.3 is 0 Å². The number of nitriles is 1. The van der Waals surface area contributed by atoms with Gasteiger partial charge in [0.1, 0.15) is 0 Å². The van der Waals surface area contributed by atoms with E-state index in [0.717, 1.165) is 0 Å². The van der Waals surface area contributed by atoms with Gasteiger partial charge in [0.05, 0.1) is 22.2 Å². The molecule has 0 radical (unpaired) electrons. The van der Waals surface area contributed by atoms with E-state index in [-0.39, 0.29) is 10.8 Å². The van der Waals surface area contributed by atoms with Crippen LogP contribution in [0.2, 0.25) is 5.02 Å². The molecule has 0 saturated heterocycles. The Hall–Kier alpha value is -1.77. The molecule has 0 spiro atoms. The van der Waals surface area contributed by atoms with Gasteiger partial charge in [-0.3, -0.25) is 9.36 Å². The highest BCUT2D eigenvalue weighted by atomic mass is 35.5. The average molecular weight is 306 g/mol. The standard InChI is InChI=1S/C14H12ClN3OS/c1-3-6-18-13(19)11-5-4-10(15)7-12(11)17-14(18)20-9(2)8-16/h3-5,7,9H,1,6H2,2H3/t9-/m1/s1. The van der Waals surface area contributed by atoms with E-state index in [1.54, 1.807) is 31.2 Å². The predicted octanol–water partition coefficient (Wildman–Crippen LogP) is 3.24. The van der Waals surface area contributed by atoms with Crippen LogP contribution in [-0.2, 0) is 6.54 Å². The number of benzene rings is 1. The van der Waals surface area contributed by atoms with Crippen molar-refractivity contribution in [1.29, 1.82) is 5.26 Å². The molecule has 0 aliphatic carbocycles. The molecule has 0 aliphatic rings. The minimum absolute atomic E-state index is 0.154. The van der Waals surface area contributed by atoms with Gasteiger partial charge in [-0.1, -0.05) is 29.4 Å². The third-order valence-electron chi connectivity index (χ3n) is 2.66. The van der Waals surface area contributed by atoms with Crippen molar-refractivity contribution in [1.82, 2.24) is 9.55 Å². The summed E-state index contributed by atoms with van der Waals surface area (Å²) in [5, 5.41) is 10.1. The minimum atomic E-state index is -0.297. The van der Waals surface area contributed by atoms with Crippen molar-refractivity contribution in [2.24, 2.45) is 0 Å². The van der Waals surface area contributed by atoms with E-state index >= 15 is 0 Å². The van der Waals surface area contributed by atoms with Crippen LogP contribution < -0.4 is 5.56 Å². The Morgan fingerprint density at radius 3 is 3.05 bits per heavy atom. The molecule has 1 aromatic heterocycles. The minimum Gasteiger partial charge on any atom is -0.283 e. The summed E-state index contributed by atoms with van der Waals surface area (Å²) in [5.41, 5.74) is 0.384. The van der Waals surface area contributed by atoms with E-state index in [1.165, 1.54) is 16.3 Å². The molecule has 1 heterocycles. The molecule has 102 valence electrons.